The number of aromatic amines is 1. The molecule has 0 spiro atoms. The van der Waals surface area contributed by atoms with Gasteiger partial charge in [-0.1, -0.05) is 23.9 Å². The molecule has 0 atom stereocenters. The molecule has 10 heteroatoms. The topological polar surface area (TPSA) is 118 Å². The van der Waals surface area contributed by atoms with Gasteiger partial charge in [-0.25, -0.2) is 10.5 Å². The molecule has 2 N–H and O–H groups in total. The maximum atomic E-state index is 10.7. The van der Waals surface area contributed by atoms with Crippen molar-refractivity contribution in [2.24, 2.45) is 5.10 Å². The molecule has 0 unspecified atom stereocenters. The second-order valence-corrected chi connectivity index (χ2v) is 6.26. The number of rotatable bonds is 8. The number of methoxy groups -OCH3 is 1. The zero-order valence-corrected chi connectivity index (χ0v) is 15.1. The van der Waals surface area contributed by atoms with Crippen molar-refractivity contribution in [2.45, 2.75) is 10.9 Å². The number of ether oxygens (including phenoxy) is 1. The summed E-state index contributed by atoms with van der Waals surface area (Å²) in [5.74, 6) is 1.81. The zero-order valence-electron chi connectivity index (χ0n) is 14.3. The number of hydrogen-bond donors (Lipinski definition) is 2. The van der Waals surface area contributed by atoms with Crippen LogP contribution in [0.25, 0.3) is 0 Å². The van der Waals surface area contributed by atoms with E-state index in [1.165, 1.54) is 23.9 Å². The lowest BCUT2D eigenvalue weighted by Gasteiger charge is -1.99. The molecule has 0 aliphatic carbocycles. The van der Waals surface area contributed by atoms with Gasteiger partial charge in [0.15, 0.2) is 0 Å². The van der Waals surface area contributed by atoms with Gasteiger partial charge in [-0.2, -0.15) is 10.1 Å². The maximum Gasteiger partial charge on any atom is 0.269 e. The van der Waals surface area contributed by atoms with E-state index in [9.17, 15) is 10.1 Å². The Morgan fingerprint density at radius 1 is 1.26 bits per heavy atom. The summed E-state index contributed by atoms with van der Waals surface area (Å²) < 4.78 is 5.10. The molecule has 1 aromatic heterocycles. The normalized spacial score (nSPS) is 10.9. The molecule has 2 aromatic carbocycles. The molecule has 3 rings (SSSR count). The molecule has 3 aromatic rings. The predicted molar refractivity (Wildman–Crippen MR) is 103 cm³/mol. The Morgan fingerprint density at radius 2 is 2.00 bits per heavy atom. The molecule has 0 bridgehead atoms. The lowest BCUT2D eigenvalue weighted by Crippen LogP contribution is -1.92. The van der Waals surface area contributed by atoms with Crippen LogP contribution in [-0.4, -0.2) is 33.4 Å². The van der Waals surface area contributed by atoms with Crippen molar-refractivity contribution in [3.63, 3.8) is 0 Å². The van der Waals surface area contributed by atoms with Crippen LogP contribution in [0.5, 0.6) is 5.75 Å². The second kappa shape index (κ2) is 8.81. The van der Waals surface area contributed by atoms with E-state index in [0.29, 0.717) is 16.9 Å². The highest BCUT2D eigenvalue weighted by Gasteiger charge is 2.06. The molecule has 0 fully saturated rings. The average Bonchev–Trinajstić information content (AvgIpc) is 3.15. The monoisotopic (exact) mass is 384 g/mol. The predicted octanol–water partition coefficient (Wildman–Crippen LogP) is 3.46. The first-order valence-corrected chi connectivity index (χ1v) is 8.84. The summed E-state index contributed by atoms with van der Waals surface area (Å²) in [5, 5.41) is 22.2. The fourth-order valence-corrected chi connectivity index (χ4v) is 2.83. The van der Waals surface area contributed by atoms with E-state index in [4.69, 9.17) is 4.74 Å². The van der Waals surface area contributed by atoms with Crippen LogP contribution >= 0.6 is 11.8 Å². The summed E-state index contributed by atoms with van der Waals surface area (Å²) in [4.78, 5) is 14.5. The van der Waals surface area contributed by atoms with Crippen LogP contribution in [0, 0.1) is 10.1 Å². The Labute approximate surface area is 159 Å². The third kappa shape index (κ3) is 5.28. The van der Waals surface area contributed by atoms with E-state index in [0.717, 1.165) is 16.9 Å². The van der Waals surface area contributed by atoms with Crippen LogP contribution in [0.15, 0.2) is 58.8 Å². The van der Waals surface area contributed by atoms with Gasteiger partial charge in [-0.3, -0.25) is 10.1 Å². The van der Waals surface area contributed by atoms with Gasteiger partial charge in [0.25, 0.3) is 5.69 Å². The summed E-state index contributed by atoms with van der Waals surface area (Å²) in [6.45, 7) is 0. The lowest BCUT2D eigenvalue weighted by atomic mass is 10.2. The van der Waals surface area contributed by atoms with Crippen molar-refractivity contribution in [1.29, 1.82) is 0 Å². The molecule has 1 heterocycles. The highest BCUT2D eigenvalue weighted by Crippen LogP contribution is 2.21. The third-order valence-corrected chi connectivity index (χ3v) is 4.40. The SMILES string of the molecule is COc1ccc(/C=N/Nc2nc(SCc3ccc([N+](=O)[O-])cc3)n[nH]2)cc1. The van der Waals surface area contributed by atoms with Crippen molar-refractivity contribution in [1.82, 2.24) is 15.2 Å². The number of nitrogens with zero attached hydrogens (tertiary/aromatic N) is 4. The molecular formula is C17H16N6O3S. The minimum Gasteiger partial charge on any atom is -0.497 e. The number of hydrazone groups is 1. The Hall–Kier alpha value is -3.40. The number of benzene rings is 2. The third-order valence-electron chi connectivity index (χ3n) is 3.48. The smallest absolute Gasteiger partial charge is 0.269 e. The number of thioether (sulfide) groups is 1. The van der Waals surface area contributed by atoms with E-state index < -0.39 is 4.92 Å². The molecule has 0 saturated heterocycles. The van der Waals surface area contributed by atoms with E-state index in [2.05, 4.69) is 25.7 Å². The van der Waals surface area contributed by atoms with Crippen LogP contribution in [-0.2, 0) is 5.75 Å². The van der Waals surface area contributed by atoms with Crippen molar-refractivity contribution >= 4 is 29.6 Å². The number of non-ortho nitro benzene ring substituents is 1. The second-order valence-electron chi connectivity index (χ2n) is 5.32. The largest absolute Gasteiger partial charge is 0.497 e. The number of H-pyrrole nitrogens is 1. The number of aromatic nitrogens is 3. The van der Waals surface area contributed by atoms with Crippen LogP contribution in [0.3, 0.4) is 0 Å². The van der Waals surface area contributed by atoms with Crippen molar-refractivity contribution < 1.29 is 9.66 Å². The number of anilines is 1. The van der Waals surface area contributed by atoms with Gasteiger partial charge in [-0.05, 0) is 35.4 Å². The first kappa shape index (κ1) is 18.4. The molecule has 0 radical (unpaired) electrons. The highest BCUT2D eigenvalue weighted by molar-refractivity contribution is 7.98. The van der Waals surface area contributed by atoms with Crippen molar-refractivity contribution in [3.05, 3.63) is 69.8 Å². The summed E-state index contributed by atoms with van der Waals surface area (Å²) in [6, 6.07) is 13.9. The van der Waals surface area contributed by atoms with Crippen LogP contribution in [0.2, 0.25) is 0 Å². The minimum atomic E-state index is -0.420. The Balaban J connectivity index is 1.50. The Morgan fingerprint density at radius 3 is 2.67 bits per heavy atom. The number of nitrogens with one attached hydrogen (secondary N) is 2. The standard InChI is InChI=1S/C17H16N6O3S/c1-26-15-8-4-12(5-9-15)10-18-20-16-19-17(22-21-16)27-11-13-2-6-14(7-3-13)23(24)25/h2-10H,11H2,1H3,(H2,19,20,21,22)/b18-10+. The highest BCUT2D eigenvalue weighted by atomic mass is 32.2. The fourth-order valence-electron chi connectivity index (χ4n) is 2.08. The number of hydrogen-bond acceptors (Lipinski definition) is 8. The lowest BCUT2D eigenvalue weighted by molar-refractivity contribution is -0.384. The molecule has 0 amide bonds. The minimum absolute atomic E-state index is 0.0721. The fraction of sp³-hybridized carbons (Fsp3) is 0.118. The molecular weight excluding hydrogens is 368 g/mol. The average molecular weight is 384 g/mol. The van der Waals surface area contributed by atoms with Gasteiger partial charge < -0.3 is 4.74 Å². The van der Waals surface area contributed by atoms with Gasteiger partial charge in [0.05, 0.1) is 18.2 Å². The van der Waals surface area contributed by atoms with Gasteiger partial charge in [-0.15, -0.1) is 5.10 Å². The first-order valence-electron chi connectivity index (χ1n) is 7.86. The summed E-state index contributed by atoms with van der Waals surface area (Å²) in [7, 11) is 1.62. The summed E-state index contributed by atoms with van der Waals surface area (Å²) in [5.41, 5.74) is 4.71. The van der Waals surface area contributed by atoms with Crippen LogP contribution in [0.1, 0.15) is 11.1 Å². The van der Waals surface area contributed by atoms with Gasteiger partial charge in [0, 0.05) is 17.9 Å². The summed E-state index contributed by atoms with van der Waals surface area (Å²) >= 11 is 1.41. The quantitative estimate of drug-likeness (QED) is 0.264. The Bertz CT molecular complexity index is 925. The number of nitro benzene ring substituents is 1. The Kier molecular flexibility index (Phi) is 6.00. The zero-order chi connectivity index (χ0) is 19.1. The molecule has 138 valence electrons. The molecule has 0 aliphatic rings. The van der Waals surface area contributed by atoms with E-state index in [1.54, 1.807) is 25.5 Å². The van der Waals surface area contributed by atoms with Crippen molar-refractivity contribution in [2.75, 3.05) is 12.5 Å². The van der Waals surface area contributed by atoms with Gasteiger partial charge >= 0.3 is 0 Å². The van der Waals surface area contributed by atoms with Gasteiger partial charge in [0.1, 0.15) is 5.75 Å². The number of nitro groups is 1. The van der Waals surface area contributed by atoms with Crippen LogP contribution < -0.4 is 10.2 Å². The van der Waals surface area contributed by atoms with E-state index in [1.807, 2.05) is 24.3 Å². The van der Waals surface area contributed by atoms with E-state index in [-0.39, 0.29) is 5.69 Å². The summed E-state index contributed by atoms with van der Waals surface area (Å²) in [6.07, 6.45) is 1.66. The van der Waals surface area contributed by atoms with Crippen molar-refractivity contribution in [3.8, 4) is 5.75 Å². The van der Waals surface area contributed by atoms with Gasteiger partial charge in [0.2, 0.25) is 11.1 Å². The molecule has 0 saturated carbocycles. The maximum absolute atomic E-state index is 10.7. The molecule has 0 aliphatic heterocycles. The molecule has 27 heavy (non-hydrogen) atoms. The van der Waals surface area contributed by atoms with Crippen LogP contribution in [0.4, 0.5) is 11.6 Å². The van der Waals surface area contributed by atoms with E-state index >= 15 is 0 Å². The first-order chi connectivity index (χ1) is 13.1. The molecule has 9 nitrogen and oxygen atoms in total.